The van der Waals surface area contributed by atoms with Crippen LogP contribution in [0.2, 0.25) is 0 Å². The molecule has 1 aliphatic carbocycles. The van der Waals surface area contributed by atoms with Crippen molar-refractivity contribution in [2.75, 3.05) is 19.6 Å². The second-order valence-electron chi connectivity index (χ2n) is 11.3. The predicted molar refractivity (Wildman–Crippen MR) is 139 cm³/mol. The molecule has 204 valence electrons. The fourth-order valence-electron chi connectivity index (χ4n) is 5.90. The molecule has 3 N–H and O–H groups in total. The van der Waals surface area contributed by atoms with E-state index in [0.29, 0.717) is 37.4 Å². The van der Waals surface area contributed by atoms with Gasteiger partial charge < -0.3 is 20.2 Å². The molecule has 3 amide bonds. The Hall–Kier alpha value is -3.63. The van der Waals surface area contributed by atoms with E-state index in [4.69, 9.17) is 0 Å². The quantitative estimate of drug-likeness (QED) is 0.385. The summed E-state index contributed by atoms with van der Waals surface area (Å²) in [6, 6.07) is 0.0391. The lowest BCUT2D eigenvalue weighted by molar-refractivity contribution is -0.686. The van der Waals surface area contributed by atoms with Crippen LogP contribution in [0.3, 0.4) is 0 Å². The zero-order chi connectivity index (χ0) is 27.2. The van der Waals surface area contributed by atoms with E-state index in [2.05, 4.69) is 10.4 Å². The molecule has 0 bridgehead atoms. The van der Waals surface area contributed by atoms with Gasteiger partial charge in [-0.05, 0) is 50.5 Å². The van der Waals surface area contributed by atoms with Gasteiger partial charge >= 0.3 is 17.1 Å². The number of carbonyl (C=O) groups excluding carboxylic acids is 3. The molecule has 11 heteroatoms. The number of hydrogen-bond donors (Lipinski definition) is 3. The number of hydrogen-bond acceptors (Lipinski definition) is 5. The Bertz CT molecular complexity index is 1360. The molecule has 2 aromatic rings. The molecule has 2 aromatic heterocycles. The monoisotopic (exact) mass is 525 g/mol. The molecule has 3 aliphatic rings. The molecular formula is C27H37N6O5+. The molecule has 0 aromatic carbocycles. The second kappa shape index (κ2) is 9.92. The third-order valence-electron chi connectivity index (χ3n) is 8.07. The largest absolute Gasteiger partial charge is 0.477 e. The van der Waals surface area contributed by atoms with E-state index in [0.717, 1.165) is 38.5 Å². The number of H-pyrrole nitrogens is 1. The van der Waals surface area contributed by atoms with Crippen molar-refractivity contribution < 1.29 is 24.1 Å². The molecule has 4 heterocycles. The predicted octanol–water partition coefficient (Wildman–Crippen LogP) is 1.19. The van der Waals surface area contributed by atoms with Crippen LogP contribution in [0.4, 0.5) is 0 Å². The van der Waals surface area contributed by atoms with Crippen molar-refractivity contribution in [2.45, 2.75) is 77.4 Å². The SMILES string of the molecule is CC(=O)N1CCC2(CCCN2C(=O)/C=C/c2c[nH]n3c(=O)c(C(=O)NC4CC4)c(O)[n+](CC(C)C)c23)CC1. The van der Waals surface area contributed by atoms with E-state index < -0.39 is 11.5 Å². The molecule has 38 heavy (non-hydrogen) atoms. The van der Waals surface area contributed by atoms with Gasteiger partial charge in [-0.25, -0.2) is 9.89 Å². The Kier molecular flexibility index (Phi) is 6.79. The summed E-state index contributed by atoms with van der Waals surface area (Å²) in [4.78, 5) is 55.0. The minimum Gasteiger partial charge on any atom is -0.477 e. The van der Waals surface area contributed by atoms with Crippen LogP contribution in [-0.2, 0) is 16.1 Å². The Balaban J connectivity index is 1.45. The van der Waals surface area contributed by atoms with Crippen molar-refractivity contribution in [1.82, 2.24) is 24.7 Å². The number of nitrogens with zero attached hydrogens (tertiary/aromatic N) is 4. The number of aromatic amines is 1. The first-order valence-corrected chi connectivity index (χ1v) is 13.6. The third kappa shape index (κ3) is 4.69. The maximum atomic E-state index is 13.4. The van der Waals surface area contributed by atoms with Gasteiger partial charge in [-0.15, -0.1) is 0 Å². The van der Waals surface area contributed by atoms with Crippen LogP contribution < -0.4 is 15.4 Å². The van der Waals surface area contributed by atoms with E-state index in [1.807, 2.05) is 23.6 Å². The standard InChI is InChI=1S/C27H36N6O5/c1-17(2)16-31-24-19(15-28-33(24)26(38)22(25(31)37)23(36)29-20-6-7-20)5-8-21(35)32-12-4-9-27(32)10-13-30(14-11-27)18(3)34/h5,8,15,17,20H,4,6-7,9-14,16H2,1-3H3,(H2,29,36,37,38)/p+1/b8-5+. The van der Waals surface area contributed by atoms with Crippen molar-refractivity contribution >= 4 is 29.4 Å². The summed E-state index contributed by atoms with van der Waals surface area (Å²) in [7, 11) is 0. The molecule has 0 unspecified atom stereocenters. The molecule has 2 aliphatic heterocycles. The van der Waals surface area contributed by atoms with Gasteiger partial charge in [0.1, 0.15) is 0 Å². The normalized spacial score (nSPS) is 19.3. The summed E-state index contributed by atoms with van der Waals surface area (Å²) in [5.74, 6) is -0.890. The summed E-state index contributed by atoms with van der Waals surface area (Å²) in [6.45, 7) is 7.88. The van der Waals surface area contributed by atoms with E-state index >= 15 is 0 Å². The van der Waals surface area contributed by atoms with E-state index in [-0.39, 0.29) is 40.8 Å². The Morgan fingerprint density at radius 3 is 2.55 bits per heavy atom. The Labute approximate surface area is 221 Å². The van der Waals surface area contributed by atoms with Gasteiger partial charge in [-0.3, -0.25) is 14.4 Å². The van der Waals surface area contributed by atoms with Gasteiger partial charge in [0.2, 0.25) is 17.4 Å². The molecular weight excluding hydrogens is 488 g/mol. The first-order valence-electron chi connectivity index (χ1n) is 13.6. The summed E-state index contributed by atoms with van der Waals surface area (Å²) in [6.07, 6.45) is 9.88. The van der Waals surface area contributed by atoms with Crippen LogP contribution in [0.15, 0.2) is 17.1 Å². The topological polar surface area (TPSA) is 131 Å². The maximum Gasteiger partial charge on any atom is 0.378 e. The molecule has 1 saturated carbocycles. The molecule has 11 nitrogen and oxygen atoms in total. The highest BCUT2D eigenvalue weighted by atomic mass is 16.3. The number of amides is 3. The minimum atomic E-state index is -0.641. The highest BCUT2D eigenvalue weighted by Gasteiger charge is 2.45. The molecule has 0 atom stereocenters. The number of fused-ring (bicyclic) bond motifs is 1. The van der Waals surface area contributed by atoms with E-state index in [9.17, 15) is 24.3 Å². The number of nitrogens with one attached hydrogen (secondary N) is 2. The van der Waals surface area contributed by atoms with Crippen molar-refractivity contribution in [3.05, 3.63) is 33.8 Å². The van der Waals surface area contributed by atoms with Gasteiger partial charge in [0, 0.05) is 44.2 Å². The number of aromatic nitrogens is 3. The van der Waals surface area contributed by atoms with Crippen molar-refractivity contribution in [1.29, 1.82) is 0 Å². The fourth-order valence-corrected chi connectivity index (χ4v) is 5.90. The van der Waals surface area contributed by atoms with Crippen molar-refractivity contribution in [3.8, 4) is 5.88 Å². The van der Waals surface area contributed by atoms with Crippen LogP contribution in [-0.4, -0.2) is 73.5 Å². The van der Waals surface area contributed by atoms with Crippen LogP contribution >= 0.6 is 0 Å². The molecule has 3 fully saturated rings. The first kappa shape index (κ1) is 26.0. The summed E-state index contributed by atoms with van der Waals surface area (Å²) >= 11 is 0. The average Bonchev–Trinajstić information content (AvgIpc) is 3.43. The van der Waals surface area contributed by atoms with Crippen molar-refractivity contribution in [2.24, 2.45) is 5.92 Å². The number of carbonyl (C=O) groups is 3. The van der Waals surface area contributed by atoms with Crippen LogP contribution in [0.25, 0.3) is 11.7 Å². The summed E-state index contributed by atoms with van der Waals surface area (Å²) < 4.78 is 2.81. The Morgan fingerprint density at radius 2 is 1.92 bits per heavy atom. The van der Waals surface area contributed by atoms with Crippen LogP contribution in [0, 0.1) is 5.92 Å². The molecule has 0 radical (unpaired) electrons. The maximum absolute atomic E-state index is 13.4. The summed E-state index contributed by atoms with van der Waals surface area (Å²) in [5, 5.41) is 16.8. The summed E-state index contributed by atoms with van der Waals surface area (Å²) in [5.41, 5.74) is -0.222. The minimum absolute atomic E-state index is 0.0391. The lowest BCUT2D eigenvalue weighted by atomic mass is 9.85. The third-order valence-corrected chi connectivity index (χ3v) is 8.07. The van der Waals surface area contributed by atoms with E-state index in [1.165, 1.54) is 10.6 Å². The fraction of sp³-hybridized carbons (Fsp3) is 0.593. The number of likely N-dealkylation sites (tertiary alicyclic amines) is 2. The van der Waals surface area contributed by atoms with Gasteiger partial charge in [-0.1, -0.05) is 18.4 Å². The highest BCUT2D eigenvalue weighted by Crippen LogP contribution is 2.38. The van der Waals surface area contributed by atoms with Gasteiger partial charge in [0.25, 0.3) is 5.91 Å². The lowest BCUT2D eigenvalue weighted by Crippen LogP contribution is -2.54. The number of aromatic hydroxyl groups is 1. The Morgan fingerprint density at radius 1 is 1.21 bits per heavy atom. The first-order chi connectivity index (χ1) is 18.1. The van der Waals surface area contributed by atoms with Gasteiger partial charge in [0.05, 0.1) is 18.3 Å². The average molecular weight is 526 g/mol. The molecule has 1 spiro atoms. The number of rotatable bonds is 6. The van der Waals surface area contributed by atoms with Gasteiger partial charge in [0.15, 0.2) is 0 Å². The second-order valence-corrected chi connectivity index (χ2v) is 11.3. The number of piperidine rings is 1. The van der Waals surface area contributed by atoms with Gasteiger partial charge in [-0.2, -0.15) is 4.57 Å². The smallest absolute Gasteiger partial charge is 0.378 e. The zero-order valence-electron chi connectivity index (χ0n) is 22.3. The van der Waals surface area contributed by atoms with Crippen LogP contribution in [0.5, 0.6) is 5.88 Å². The zero-order valence-corrected chi connectivity index (χ0v) is 22.3. The van der Waals surface area contributed by atoms with Crippen LogP contribution in [0.1, 0.15) is 75.2 Å². The highest BCUT2D eigenvalue weighted by molar-refractivity contribution is 5.96. The van der Waals surface area contributed by atoms with Crippen molar-refractivity contribution in [3.63, 3.8) is 0 Å². The van der Waals surface area contributed by atoms with E-state index in [1.54, 1.807) is 23.8 Å². The lowest BCUT2D eigenvalue weighted by Gasteiger charge is -2.44. The molecule has 5 rings (SSSR count). The molecule has 2 saturated heterocycles.